The fourth-order valence-electron chi connectivity index (χ4n) is 3.46. The molecule has 2 aromatic heterocycles. The molecule has 0 atom stereocenters. The highest BCUT2D eigenvalue weighted by molar-refractivity contribution is 5.94. The Bertz CT molecular complexity index is 1130. The summed E-state index contributed by atoms with van der Waals surface area (Å²) in [6.45, 7) is 2.98. The Morgan fingerprint density at radius 2 is 1.85 bits per heavy atom. The van der Waals surface area contributed by atoms with E-state index < -0.39 is 4.92 Å². The highest BCUT2D eigenvalue weighted by atomic mass is 16.6. The summed E-state index contributed by atoms with van der Waals surface area (Å²) in [7, 11) is 1.92. The molecule has 2 amide bonds. The summed E-state index contributed by atoms with van der Waals surface area (Å²) in [5.74, 6) is 0.169. The third-order valence-corrected chi connectivity index (χ3v) is 5.34. The Morgan fingerprint density at radius 3 is 2.44 bits per heavy atom. The number of non-ortho nitro benzene ring substituents is 1. The van der Waals surface area contributed by atoms with Gasteiger partial charge in [0.1, 0.15) is 12.3 Å². The van der Waals surface area contributed by atoms with Crippen LogP contribution in [0.4, 0.5) is 5.69 Å². The quantitative estimate of drug-likeness (QED) is 0.242. The minimum Gasteiger partial charge on any atom is -0.467 e. The molecule has 0 aliphatic rings. The van der Waals surface area contributed by atoms with Crippen molar-refractivity contribution in [2.75, 3.05) is 13.1 Å². The van der Waals surface area contributed by atoms with E-state index in [1.54, 1.807) is 35.4 Å². The van der Waals surface area contributed by atoms with E-state index in [4.69, 9.17) is 4.42 Å². The minimum absolute atomic E-state index is 0.0171. The molecule has 1 aromatic carbocycles. The molecule has 0 spiro atoms. The van der Waals surface area contributed by atoms with Crippen molar-refractivity contribution in [1.29, 1.82) is 0 Å². The number of nitro groups is 1. The lowest BCUT2D eigenvalue weighted by atomic mass is 10.2. The fraction of sp³-hybridized carbons (Fsp3) is 0.280. The van der Waals surface area contributed by atoms with E-state index >= 15 is 0 Å². The van der Waals surface area contributed by atoms with E-state index in [-0.39, 0.29) is 24.0 Å². The largest absolute Gasteiger partial charge is 0.467 e. The average molecular weight is 465 g/mol. The Balaban J connectivity index is 1.71. The Hall–Kier alpha value is -4.14. The van der Waals surface area contributed by atoms with Crippen LogP contribution in [0, 0.1) is 10.1 Å². The summed E-state index contributed by atoms with van der Waals surface area (Å²) in [4.78, 5) is 39.6. The van der Waals surface area contributed by atoms with E-state index in [2.05, 4.69) is 0 Å². The van der Waals surface area contributed by atoms with Crippen molar-refractivity contribution in [3.8, 4) is 0 Å². The summed E-state index contributed by atoms with van der Waals surface area (Å²) in [5, 5.41) is 10.8. The number of carbonyl (C=O) groups is 2. The Kier molecular flexibility index (Phi) is 8.39. The Morgan fingerprint density at radius 1 is 1.09 bits per heavy atom. The number of aryl methyl sites for hydroxylation is 1. The van der Waals surface area contributed by atoms with Gasteiger partial charge in [0.2, 0.25) is 11.8 Å². The summed E-state index contributed by atoms with van der Waals surface area (Å²) < 4.78 is 7.39. The van der Waals surface area contributed by atoms with Crippen molar-refractivity contribution in [3.63, 3.8) is 0 Å². The number of hydrogen-bond acceptors (Lipinski definition) is 5. The lowest BCUT2D eigenvalue weighted by molar-refractivity contribution is -0.384. The van der Waals surface area contributed by atoms with Crippen LogP contribution in [-0.4, -0.2) is 44.2 Å². The molecular formula is C25H28N4O5. The number of benzene rings is 1. The first-order chi connectivity index (χ1) is 16.4. The van der Waals surface area contributed by atoms with Gasteiger partial charge < -0.3 is 18.8 Å². The van der Waals surface area contributed by atoms with Gasteiger partial charge in [0.25, 0.3) is 5.69 Å². The third-order valence-electron chi connectivity index (χ3n) is 5.34. The van der Waals surface area contributed by atoms with Gasteiger partial charge in [0, 0.05) is 43.7 Å². The predicted octanol–water partition coefficient (Wildman–Crippen LogP) is 4.01. The summed E-state index contributed by atoms with van der Waals surface area (Å²) in [6.07, 6.45) is 7.15. The van der Waals surface area contributed by atoms with Gasteiger partial charge in [-0.15, -0.1) is 0 Å². The summed E-state index contributed by atoms with van der Waals surface area (Å²) >= 11 is 0. The van der Waals surface area contributed by atoms with Gasteiger partial charge in [-0.3, -0.25) is 19.7 Å². The highest BCUT2D eigenvalue weighted by Gasteiger charge is 2.21. The highest BCUT2D eigenvalue weighted by Crippen LogP contribution is 2.14. The topological polar surface area (TPSA) is 102 Å². The molecule has 0 bridgehead atoms. The van der Waals surface area contributed by atoms with Crippen LogP contribution in [-0.2, 0) is 29.7 Å². The molecule has 0 unspecified atom stereocenters. The van der Waals surface area contributed by atoms with Gasteiger partial charge in [0.05, 0.1) is 24.3 Å². The SMILES string of the molecule is CCCN(CC(=O)N(Cc1ccco1)Cc1cccn1C)C(=O)/C=C/c1ccc([N+](=O)[O-])cc1. The van der Waals surface area contributed by atoms with Crippen LogP contribution in [0.5, 0.6) is 0 Å². The maximum absolute atomic E-state index is 13.3. The molecule has 9 heteroatoms. The molecule has 3 rings (SSSR count). The molecule has 9 nitrogen and oxygen atoms in total. The van der Waals surface area contributed by atoms with Crippen LogP contribution in [0.25, 0.3) is 6.08 Å². The molecule has 0 N–H and O–H groups in total. The average Bonchev–Trinajstić information content (AvgIpc) is 3.48. The van der Waals surface area contributed by atoms with E-state index in [0.717, 1.165) is 5.69 Å². The second kappa shape index (κ2) is 11.6. The number of rotatable bonds is 11. The van der Waals surface area contributed by atoms with Crippen molar-refractivity contribution in [2.24, 2.45) is 7.05 Å². The maximum atomic E-state index is 13.3. The molecule has 0 aliphatic carbocycles. The lowest BCUT2D eigenvalue weighted by Crippen LogP contribution is -2.42. The number of aromatic nitrogens is 1. The Labute approximate surface area is 198 Å². The van der Waals surface area contributed by atoms with Gasteiger partial charge in [-0.05, 0) is 54.5 Å². The summed E-state index contributed by atoms with van der Waals surface area (Å²) in [6, 6.07) is 13.4. The molecule has 0 radical (unpaired) electrons. The number of carbonyl (C=O) groups excluding carboxylic acids is 2. The zero-order chi connectivity index (χ0) is 24.5. The molecule has 0 saturated carbocycles. The first-order valence-electron chi connectivity index (χ1n) is 11.0. The van der Waals surface area contributed by atoms with Gasteiger partial charge in [-0.2, -0.15) is 0 Å². The number of furan rings is 1. The van der Waals surface area contributed by atoms with Crippen molar-refractivity contribution in [3.05, 3.63) is 94.2 Å². The zero-order valence-electron chi connectivity index (χ0n) is 19.3. The number of hydrogen-bond donors (Lipinski definition) is 0. The van der Waals surface area contributed by atoms with E-state index in [9.17, 15) is 19.7 Å². The van der Waals surface area contributed by atoms with Gasteiger partial charge in [-0.25, -0.2) is 0 Å². The zero-order valence-corrected chi connectivity index (χ0v) is 19.3. The van der Waals surface area contributed by atoms with Crippen LogP contribution in [0.3, 0.4) is 0 Å². The molecule has 3 aromatic rings. The molecule has 178 valence electrons. The van der Waals surface area contributed by atoms with Gasteiger partial charge in [-0.1, -0.05) is 6.92 Å². The van der Waals surface area contributed by atoms with Gasteiger partial charge in [0.15, 0.2) is 0 Å². The number of nitrogens with zero attached hydrogens (tertiary/aromatic N) is 4. The van der Waals surface area contributed by atoms with Gasteiger partial charge >= 0.3 is 0 Å². The third kappa shape index (κ3) is 6.68. The monoisotopic (exact) mass is 464 g/mol. The number of nitro benzene ring substituents is 1. The van der Waals surface area contributed by atoms with Crippen LogP contribution >= 0.6 is 0 Å². The second-order valence-electron chi connectivity index (χ2n) is 7.88. The molecule has 0 fully saturated rings. The maximum Gasteiger partial charge on any atom is 0.269 e. The standard InChI is InChI=1S/C25H28N4O5/c1-3-14-27(24(30)13-10-20-8-11-21(12-9-20)29(32)33)19-25(31)28(18-23-7-5-16-34-23)17-22-6-4-15-26(22)2/h4-13,15-16H,3,14,17-19H2,1-2H3/b13-10+. The molecular weight excluding hydrogens is 436 g/mol. The normalized spacial score (nSPS) is 11.0. The van der Waals surface area contributed by atoms with Crippen molar-refractivity contribution in [2.45, 2.75) is 26.4 Å². The van der Waals surface area contributed by atoms with Crippen LogP contribution in [0.15, 0.2) is 71.5 Å². The molecule has 0 aliphatic heterocycles. The smallest absolute Gasteiger partial charge is 0.269 e. The summed E-state index contributed by atoms with van der Waals surface area (Å²) in [5.41, 5.74) is 1.60. The van der Waals surface area contributed by atoms with Crippen molar-refractivity contribution in [1.82, 2.24) is 14.4 Å². The first-order valence-corrected chi connectivity index (χ1v) is 11.0. The fourth-order valence-corrected chi connectivity index (χ4v) is 3.46. The minimum atomic E-state index is -0.475. The molecule has 34 heavy (non-hydrogen) atoms. The molecule has 2 heterocycles. The second-order valence-corrected chi connectivity index (χ2v) is 7.88. The van der Waals surface area contributed by atoms with Crippen LogP contribution < -0.4 is 0 Å². The van der Waals surface area contributed by atoms with Crippen molar-refractivity contribution < 1.29 is 18.9 Å². The predicted molar refractivity (Wildman–Crippen MR) is 127 cm³/mol. The van der Waals surface area contributed by atoms with E-state index in [0.29, 0.717) is 37.4 Å². The number of amides is 2. The lowest BCUT2D eigenvalue weighted by Gasteiger charge is -2.26. The van der Waals surface area contributed by atoms with E-state index in [1.165, 1.54) is 23.1 Å². The van der Waals surface area contributed by atoms with E-state index in [1.807, 2.05) is 42.9 Å². The van der Waals surface area contributed by atoms with Crippen LogP contribution in [0.1, 0.15) is 30.4 Å². The van der Waals surface area contributed by atoms with Crippen molar-refractivity contribution >= 4 is 23.6 Å². The first kappa shape index (κ1) is 24.5. The van der Waals surface area contributed by atoms with Crippen LogP contribution in [0.2, 0.25) is 0 Å². The molecule has 0 saturated heterocycles.